The van der Waals surface area contributed by atoms with Crippen molar-refractivity contribution in [3.8, 4) is 17.2 Å². The van der Waals surface area contributed by atoms with Gasteiger partial charge in [-0.05, 0) is 36.4 Å². The molecular formula is C22H23NO7. The van der Waals surface area contributed by atoms with Gasteiger partial charge in [0.25, 0.3) is 5.91 Å². The van der Waals surface area contributed by atoms with Gasteiger partial charge >= 0.3 is 5.97 Å². The number of amides is 1. The second kappa shape index (κ2) is 10.3. The molecule has 1 heterocycles. The first kappa shape index (κ1) is 21.2. The Bertz CT molecular complexity index is 895. The molecule has 0 aromatic heterocycles. The summed E-state index contributed by atoms with van der Waals surface area (Å²) in [6, 6.07) is 13.8. The zero-order valence-electron chi connectivity index (χ0n) is 16.6. The van der Waals surface area contributed by atoms with Gasteiger partial charge in [-0.2, -0.15) is 0 Å². The van der Waals surface area contributed by atoms with Crippen LogP contribution in [0.15, 0.2) is 48.5 Å². The summed E-state index contributed by atoms with van der Waals surface area (Å²) in [6.07, 6.45) is 0.0901. The number of rotatable bonds is 9. The van der Waals surface area contributed by atoms with E-state index in [4.69, 9.17) is 18.9 Å². The van der Waals surface area contributed by atoms with E-state index in [0.717, 1.165) is 0 Å². The van der Waals surface area contributed by atoms with Crippen molar-refractivity contribution in [1.82, 2.24) is 5.32 Å². The average molecular weight is 413 g/mol. The SMILES string of the molecule is CCC(=O)c1ccc(OCC(=O)OCC(=O)NC[C@@H]2COc3ccccc3O2)cc1. The smallest absolute Gasteiger partial charge is 0.344 e. The lowest BCUT2D eigenvalue weighted by Crippen LogP contribution is -2.42. The highest BCUT2D eigenvalue weighted by atomic mass is 16.6. The van der Waals surface area contributed by atoms with Crippen LogP contribution >= 0.6 is 0 Å². The molecule has 0 fully saturated rings. The molecule has 0 saturated carbocycles. The number of nitrogens with one attached hydrogen (secondary N) is 1. The standard InChI is InChI=1S/C22H23NO7/c1-2-18(24)15-7-9-16(10-8-15)27-14-22(26)29-13-21(25)23-11-17-12-28-19-5-3-4-6-20(19)30-17/h3-10,17H,2,11-14H2,1H3,(H,23,25)/t17-/m1/s1. The number of Topliss-reactive ketones (excluding diaryl/α,β-unsaturated/α-hetero) is 1. The molecule has 1 amide bonds. The van der Waals surface area contributed by atoms with E-state index in [1.165, 1.54) is 0 Å². The fraction of sp³-hybridized carbons (Fsp3) is 0.318. The number of ketones is 1. The van der Waals surface area contributed by atoms with Crippen molar-refractivity contribution >= 4 is 17.7 Å². The van der Waals surface area contributed by atoms with Crippen molar-refractivity contribution in [2.24, 2.45) is 0 Å². The number of esters is 1. The molecular weight excluding hydrogens is 390 g/mol. The fourth-order valence-electron chi connectivity index (χ4n) is 2.71. The minimum absolute atomic E-state index is 0.0290. The number of hydrogen-bond donors (Lipinski definition) is 1. The molecule has 1 aliphatic heterocycles. The lowest BCUT2D eigenvalue weighted by Gasteiger charge is -2.26. The van der Waals surface area contributed by atoms with Crippen molar-refractivity contribution in [3.63, 3.8) is 0 Å². The molecule has 3 rings (SSSR count). The molecule has 30 heavy (non-hydrogen) atoms. The number of carbonyl (C=O) groups is 3. The number of carbonyl (C=O) groups excluding carboxylic acids is 3. The van der Waals surface area contributed by atoms with Crippen LogP contribution in [0.2, 0.25) is 0 Å². The Morgan fingerprint density at radius 3 is 2.50 bits per heavy atom. The van der Waals surface area contributed by atoms with E-state index in [1.54, 1.807) is 37.3 Å². The van der Waals surface area contributed by atoms with Crippen molar-refractivity contribution < 1.29 is 33.3 Å². The van der Waals surface area contributed by atoms with Crippen molar-refractivity contribution in [1.29, 1.82) is 0 Å². The monoisotopic (exact) mass is 413 g/mol. The number of hydrogen-bond acceptors (Lipinski definition) is 7. The Balaban J connectivity index is 1.33. The zero-order valence-corrected chi connectivity index (χ0v) is 16.6. The highest BCUT2D eigenvalue weighted by molar-refractivity contribution is 5.95. The van der Waals surface area contributed by atoms with Gasteiger partial charge < -0.3 is 24.3 Å². The van der Waals surface area contributed by atoms with Crippen LogP contribution in [-0.4, -0.2) is 50.1 Å². The molecule has 0 bridgehead atoms. The predicted octanol–water partition coefficient (Wildman–Crippen LogP) is 2.16. The second-order valence-corrected chi connectivity index (χ2v) is 6.55. The van der Waals surface area contributed by atoms with Crippen molar-refractivity contribution in [2.75, 3.05) is 26.4 Å². The fourth-order valence-corrected chi connectivity index (χ4v) is 2.71. The van der Waals surface area contributed by atoms with Crippen LogP contribution in [0, 0.1) is 0 Å². The maximum atomic E-state index is 11.9. The second-order valence-electron chi connectivity index (χ2n) is 6.55. The summed E-state index contributed by atoms with van der Waals surface area (Å²) >= 11 is 0. The first-order valence-electron chi connectivity index (χ1n) is 9.62. The largest absolute Gasteiger partial charge is 0.486 e. The van der Waals surface area contributed by atoms with Gasteiger partial charge in [-0.25, -0.2) is 4.79 Å². The molecule has 8 nitrogen and oxygen atoms in total. The molecule has 0 spiro atoms. The first-order valence-corrected chi connectivity index (χ1v) is 9.62. The summed E-state index contributed by atoms with van der Waals surface area (Å²) in [5.74, 6) is 0.623. The summed E-state index contributed by atoms with van der Waals surface area (Å²) < 4.78 is 21.5. The highest BCUT2D eigenvalue weighted by Gasteiger charge is 2.21. The van der Waals surface area contributed by atoms with E-state index >= 15 is 0 Å². The Labute approximate surface area is 174 Å². The van der Waals surface area contributed by atoms with E-state index in [9.17, 15) is 14.4 Å². The molecule has 2 aromatic rings. The molecule has 1 aliphatic rings. The van der Waals surface area contributed by atoms with Crippen LogP contribution in [0.5, 0.6) is 17.2 Å². The minimum atomic E-state index is -0.676. The van der Waals surface area contributed by atoms with Crippen molar-refractivity contribution in [2.45, 2.75) is 19.4 Å². The van der Waals surface area contributed by atoms with E-state index in [2.05, 4.69) is 5.32 Å². The van der Waals surface area contributed by atoms with Gasteiger partial charge in [-0.1, -0.05) is 19.1 Å². The topological polar surface area (TPSA) is 100 Å². The number of benzene rings is 2. The van der Waals surface area contributed by atoms with E-state index in [0.29, 0.717) is 35.8 Å². The van der Waals surface area contributed by atoms with Gasteiger partial charge in [0.1, 0.15) is 18.5 Å². The molecule has 1 atom stereocenters. The number of ether oxygens (including phenoxy) is 4. The van der Waals surface area contributed by atoms with Crippen LogP contribution < -0.4 is 19.5 Å². The molecule has 1 N–H and O–H groups in total. The highest BCUT2D eigenvalue weighted by Crippen LogP contribution is 2.30. The normalized spacial score (nSPS) is 14.5. The van der Waals surface area contributed by atoms with Gasteiger partial charge in [0.15, 0.2) is 30.5 Å². The van der Waals surface area contributed by atoms with Crippen LogP contribution in [-0.2, 0) is 14.3 Å². The maximum Gasteiger partial charge on any atom is 0.344 e. The third-order valence-electron chi connectivity index (χ3n) is 4.31. The Morgan fingerprint density at radius 2 is 1.77 bits per heavy atom. The van der Waals surface area contributed by atoms with Gasteiger partial charge in [0.2, 0.25) is 0 Å². The van der Waals surface area contributed by atoms with Crippen molar-refractivity contribution in [3.05, 3.63) is 54.1 Å². The molecule has 2 aromatic carbocycles. The third kappa shape index (κ3) is 5.97. The summed E-state index contributed by atoms with van der Waals surface area (Å²) in [5.41, 5.74) is 0.583. The zero-order chi connectivity index (χ0) is 21.3. The molecule has 0 radical (unpaired) electrons. The first-order chi connectivity index (χ1) is 14.5. The number of fused-ring (bicyclic) bond motifs is 1. The van der Waals surface area contributed by atoms with E-state index < -0.39 is 18.5 Å². The molecule has 158 valence electrons. The quantitative estimate of drug-likeness (QED) is 0.497. The van der Waals surface area contributed by atoms with E-state index in [-0.39, 0.29) is 25.0 Å². The lowest BCUT2D eigenvalue weighted by molar-refractivity contribution is -0.150. The van der Waals surface area contributed by atoms with Gasteiger partial charge in [-0.3, -0.25) is 9.59 Å². The van der Waals surface area contributed by atoms with Crippen LogP contribution in [0.4, 0.5) is 0 Å². The lowest BCUT2D eigenvalue weighted by atomic mass is 10.1. The Kier molecular flexibility index (Phi) is 7.26. The summed E-state index contributed by atoms with van der Waals surface area (Å²) in [5, 5.41) is 2.64. The van der Waals surface area contributed by atoms with Gasteiger partial charge in [-0.15, -0.1) is 0 Å². The van der Waals surface area contributed by atoms with Crippen LogP contribution in [0.3, 0.4) is 0 Å². The molecule has 0 saturated heterocycles. The number of para-hydroxylation sites is 2. The summed E-state index contributed by atoms with van der Waals surface area (Å²) in [6.45, 7) is 1.56. The summed E-state index contributed by atoms with van der Waals surface area (Å²) in [4.78, 5) is 35.2. The molecule has 8 heteroatoms. The van der Waals surface area contributed by atoms with Crippen LogP contribution in [0.25, 0.3) is 0 Å². The van der Waals surface area contributed by atoms with Gasteiger partial charge in [0.05, 0.1) is 6.54 Å². The minimum Gasteiger partial charge on any atom is -0.486 e. The summed E-state index contributed by atoms with van der Waals surface area (Å²) in [7, 11) is 0. The average Bonchev–Trinajstić information content (AvgIpc) is 2.79. The molecule has 0 aliphatic carbocycles. The third-order valence-corrected chi connectivity index (χ3v) is 4.31. The Hall–Kier alpha value is -3.55. The maximum absolute atomic E-state index is 11.9. The van der Waals surface area contributed by atoms with Crippen LogP contribution in [0.1, 0.15) is 23.7 Å². The molecule has 0 unspecified atom stereocenters. The van der Waals surface area contributed by atoms with E-state index in [1.807, 2.05) is 18.2 Å². The Morgan fingerprint density at radius 1 is 1.03 bits per heavy atom. The van der Waals surface area contributed by atoms with Gasteiger partial charge in [0, 0.05) is 12.0 Å². The predicted molar refractivity (Wildman–Crippen MR) is 107 cm³/mol.